The Hall–Kier alpha value is -3.84. The summed E-state index contributed by atoms with van der Waals surface area (Å²) in [5, 5.41) is 21.9. The first-order valence-electron chi connectivity index (χ1n) is 14.1. The van der Waals surface area contributed by atoms with Crippen molar-refractivity contribution in [2.75, 3.05) is 46.3 Å². The van der Waals surface area contributed by atoms with Gasteiger partial charge in [0.15, 0.2) is 5.57 Å². The highest BCUT2D eigenvalue weighted by Gasteiger charge is 2.29. The Morgan fingerprint density at radius 3 is 2.23 bits per heavy atom. The summed E-state index contributed by atoms with van der Waals surface area (Å²) < 4.78 is 0. The van der Waals surface area contributed by atoms with E-state index >= 15 is 0 Å². The van der Waals surface area contributed by atoms with Crippen molar-refractivity contribution in [3.8, 4) is 12.1 Å². The fourth-order valence-corrected chi connectivity index (χ4v) is 5.91. The average Bonchev–Trinajstić information content (AvgIpc) is 3.36. The van der Waals surface area contributed by atoms with Gasteiger partial charge in [-0.15, -0.1) is 0 Å². The molecule has 5 rings (SSSR count). The molecule has 2 saturated heterocycles. The van der Waals surface area contributed by atoms with Crippen LogP contribution >= 0.6 is 0 Å². The topological polar surface area (TPSA) is 60.5 Å². The summed E-state index contributed by atoms with van der Waals surface area (Å²) in [6.07, 6.45) is 4.01. The number of likely N-dealkylation sites (N-methyl/N-ethyl adjacent to an activating group) is 1. The minimum absolute atomic E-state index is 0.194. The number of likely N-dealkylation sites (tertiary alicyclic amines) is 1. The number of fused-ring (bicyclic) bond motifs is 1. The molecule has 6 heteroatoms. The van der Waals surface area contributed by atoms with Crippen LogP contribution in [0.5, 0.6) is 0 Å². The van der Waals surface area contributed by atoms with Gasteiger partial charge in [0.25, 0.3) is 0 Å². The van der Waals surface area contributed by atoms with E-state index in [-0.39, 0.29) is 5.57 Å². The summed E-state index contributed by atoms with van der Waals surface area (Å²) in [6.45, 7) is 8.28. The van der Waals surface area contributed by atoms with Crippen LogP contribution in [0.1, 0.15) is 36.0 Å². The molecular weight excluding hydrogens is 480 g/mol. The van der Waals surface area contributed by atoms with Crippen molar-refractivity contribution in [3.05, 3.63) is 94.8 Å². The molecule has 0 radical (unpaired) electrons. The first-order valence-corrected chi connectivity index (χ1v) is 14.1. The van der Waals surface area contributed by atoms with E-state index in [2.05, 4.69) is 106 Å². The smallest absolute Gasteiger partial charge is 0.169 e. The van der Waals surface area contributed by atoms with Crippen molar-refractivity contribution in [1.82, 2.24) is 19.6 Å². The normalized spacial score (nSPS) is 16.1. The van der Waals surface area contributed by atoms with Gasteiger partial charge in [-0.3, -0.25) is 4.90 Å². The third kappa shape index (κ3) is 6.60. The van der Waals surface area contributed by atoms with Crippen LogP contribution < -0.4 is 0 Å². The van der Waals surface area contributed by atoms with Gasteiger partial charge in [-0.25, -0.2) is 0 Å². The van der Waals surface area contributed by atoms with Crippen LogP contribution in [0.4, 0.5) is 0 Å². The molecule has 0 N–H and O–H groups in total. The second-order valence-corrected chi connectivity index (χ2v) is 10.9. The monoisotopic (exact) mass is 518 g/mol. The highest BCUT2D eigenvalue weighted by molar-refractivity contribution is 5.85. The van der Waals surface area contributed by atoms with E-state index in [4.69, 9.17) is 0 Å². The molecule has 200 valence electrons. The van der Waals surface area contributed by atoms with Crippen LogP contribution in [-0.2, 0) is 19.6 Å². The van der Waals surface area contributed by atoms with Gasteiger partial charge in [-0.1, -0.05) is 73.2 Å². The maximum absolute atomic E-state index is 9.76. The van der Waals surface area contributed by atoms with Crippen LogP contribution in [0.15, 0.2) is 78.1 Å². The first kappa shape index (κ1) is 26.8. The molecule has 0 atom stereocenters. The van der Waals surface area contributed by atoms with E-state index in [9.17, 15) is 10.5 Å². The van der Waals surface area contributed by atoms with Crippen LogP contribution in [0.25, 0.3) is 10.8 Å². The van der Waals surface area contributed by atoms with E-state index in [0.29, 0.717) is 6.54 Å². The highest BCUT2D eigenvalue weighted by atomic mass is 15.4. The number of rotatable bonds is 9. The average molecular weight is 519 g/mol. The molecule has 0 aliphatic carbocycles. The fraction of sp³-hybridized carbons (Fsp3) is 0.394. The van der Waals surface area contributed by atoms with E-state index in [1.165, 1.54) is 59.8 Å². The molecule has 2 heterocycles. The van der Waals surface area contributed by atoms with E-state index in [0.717, 1.165) is 45.1 Å². The van der Waals surface area contributed by atoms with Gasteiger partial charge >= 0.3 is 0 Å². The molecule has 2 fully saturated rings. The number of hydrogen-bond donors (Lipinski definition) is 0. The van der Waals surface area contributed by atoms with Crippen molar-refractivity contribution < 1.29 is 0 Å². The molecule has 0 bridgehead atoms. The summed E-state index contributed by atoms with van der Waals surface area (Å²) in [4.78, 5) is 9.30. The van der Waals surface area contributed by atoms with Crippen LogP contribution in [0.2, 0.25) is 0 Å². The second kappa shape index (κ2) is 12.8. The van der Waals surface area contributed by atoms with Crippen molar-refractivity contribution in [1.29, 1.82) is 10.5 Å². The molecule has 0 aromatic heterocycles. The zero-order valence-corrected chi connectivity index (χ0v) is 23.0. The summed E-state index contributed by atoms with van der Waals surface area (Å²) >= 11 is 0. The molecule has 3 aromatic rings. The predicted octanol–water partition coefficient (Wildman–Crippen LogP) is 5.33. The minimum atomic E-state index is 0.194. The standard InChI is InChI=1S/C33H38N6/c1-36(24-27-12-14-28(15-13-27)25-37-16-5-2-6-17-37)18-19-38-20-21-39(33(38)31(22-34)23-35)26-30-10-7-9-29-8-3-4-11-32(29)30/h3-4,7-15H,2,5-6,16-21,24-26H2,1H3. The lowest BCUT2D eigenvalue weighted by Crippen LogP contribution is -2.32. The molecular formula is C33H38N6. The largest absolute Gasteiger partial charge is 0.354 e. The fourth-order valence-electron chi connectivity index (χ4n) is 5.91. The summed E-state index contributed by atoms with van der Waals surface area (Å²) in [6, 6.07) is 28.1. The Balaban J connectivity index is 1.20. The van der Waals surface area contributed by atoms with Crippen molar-refractivity contribution in [2.24, 2.45) is 0 Å². The lowest BCUT2D eigenvalue weighted by Gasteiger charge is -2.27. The number of nitriles is 2. The Kier molecular flexibility index (Phi) is 8.78. The summed E-state index contributed by atoms with van der Waals surface area (Å²) in [7, 11) is 2.14. The lowest BCUT2D eigenvalue weighted by atomic mass is 10.0. The van der Waals surface area contributed by atoms with Crippen molar-refractivity contribution >= 4 is 10.8 Å². The molecule has 0 amide bonds. The number of allylic oxidation sites excluding steroid dienone is 1. The zero-order valence-electron chi connectivity index (χ0n) is 23.0. The number of benzene rings is 3. The lowest BCUT2D eigenvalue weighted by molar-refractivity contribution is 0.221. The quantitative estimate of drug-likeness (QED) is 0.357. The Bertz CT molecular complexity index is 1350. The summed E-state index contributed by atoms with van der Waals surface area (Å²) in [5.41, 5.74) is 4.11. The molecule has 39 heavy (non-hydrogen) atoms. The van der Waals surface area contributed by atoms with Crippen molar-refractivity contribution in [2.45, 2.75) is 38.9 Å². The van der Waals surface area contributed by atoms with Gasteiger partial charge in [0.05, 0.1) is 0 Å². The third-order valence-electron chi connectivity index (χ3n) is 8.01. The van der Waals surface area contributed by atoms with Crippen LogP contribution in [0.3, 0.4) is 0 Å². The zero-order chi connectivity index (χ0) is 27.0. The van der Waals surface area contributed by atoms with Crippen LogP contribution in [0, 0.1) is 22.7 Å². The van der Waals surface area contributed by atoms with Gasteiger partial charge in [-0.05, 0) is 60.4 Å². The third-order valence-corrected chi connectivity index (χ3v) is 8.01. The Morgan fingerprint density at radius 2 is 1.46 bits per heavy atom. The molecule has 0 unspecified atom stereocenters. The SMILES string of the molecule is CN(CCN1CCN(Cc2cccc3ccccc23)C1=C(C#N)C#N)Cc1ccc(CN2CCCCC2)cc1. The van der Waals surface area contributed by atoms with E-state index in [1.807, 2.05) is 0 Å². The maximum atomic E-state index is 9.76. The van der Waals surface area contributed by atoms with Crippen LogP contribution in [-0.4, -0.2) is 65.9 Å². The molecule has 3 aromatic carbocycles. The Morgan fingerprint density at radius 1 is 0.769 bits per heavy atom. The first-order chi connectivity index (χ1) is 19.1. The van der Waals surface area contributed by atoms with Gasteiger partial charge in [-0.2, -0.15) is 10.5 Å². The number of hydrogen-bond acceptors (Lipinski definition) is 6. The summed E-state index contributed by atoms with van der Waals surface area (Å²) in [5.74, 6) is 0.767. The number of nitrogens with zero attached hydrogens (tertiary/aromatic N) is 6. The van der Waals surface area contributed by atoms with Gasteiger partial charge in [0.2, 0.25) is 0 Å². The molecule has 0 spiro atoms. The van der Waals surface area contributed by atoms with E-state index < -0.39 is 0 Å². The van der Waals surface area contributed by atoms with Gasteiger partial charge < -0.3 is 14.7 Å². The van der Waals surface area contributed by atoms with Gasteiger partial charge in [0, 0.05) is 45.8 Å². The maximum Gasteiger partial charge on any atom is 0.169 e. The minimum Gasteiger partial charge on any atom is -0.354 e. The predicted molar refractivity (Wildman–Crippen MR) is 156 cm³/mol. The van der Waals surface area contributed by atoms with E-state index in [1.54, 1.807) is 0 Å². The molecule has 2 aliphatic heterocycles. The highest BCUT2D eigenvalue weighted by Crippen LogP contribution is 2.27. The van der Waals surface area contributed by atoms with Crippen molar-refractivity contribution in [3.63, 3.8) is 0 Å². The van der Waals surface area contributed by atoms with Gasteiger partial charge in [0.1, 0.15) is 18.0 Å². The molecule has 0 saturated carbocycles. The number of piperidine rings is 1. The molecule has 6 nitrogen and oxygen atoms in total. The second-order valence-electron chi connectivity index (χ2n) is 10.9. The Labute approximate surface area is 232 Å². The molecule has 2 aliphatic rings.